The summed E-state index contributed by atoms with van der Waals surface area (Å²) < 4.78 is 5.27. The molecule has 0 bridgehead atoms. The molecule has 13 heavy (non-hydrogen) atoms. The number of benzene rings is 1. The van der Waals surface area contributed by atoms with Crippen LogP contribution in [-0.2, 0) is 0 Å². The summed E-state index contributed by atoms with van der Waals surface area (Å²) in [6.45, 7) is 4.12. The number of ether oxygens (including phenoxy) is 1. The molecule has 0 aromatic heterocycles. The van der Waals surface area contributed by atoms with Crippen LogP contribution in [0.1, 0.15) is 30.5 Å². The van der Waals surface area contributed by atoms with Crippen LogP contribution in [0.15, 0.2) is 18.2 Å². The van der Waals surface area contributed by atoms with Gasteiger partial charge in [-0.1, -0.05) is 19.1 Å². The summed E-state index contributed by atoms with van der Waals surface area (Å²) in [6, 6.07) is 6.20. The van der Waals surface area contributed by atoms with Crippen LogP contribution >= 0.6 is 0 Å². The molecule has 0 unspecified atom stereocenters. The predicted molar refractivity (Wildman–Crippen MR) is 55.0 cm³/mol. The van der Waals surface area contributed by atoms with Gasteiger partial charge in [0.15, 0.2) is 0 Å². The Kier molecular flexibility index (Phi) is 3.32. The highest BCUT2D eigenvalue weighted by Crippen LogP contribution is 2.26. The number of hydrogen-bond acceptors (Lipinski definition) is 2. The first-order valence-corrected chi connectivity index (χ1v) is 4.59. The number of aryl methyl sites for hydroxylation is 1. The molecule has 0 aliphatic carbocycles. The molecule has 1 rings (SSSR count). The normalized spacial score (nSPS) is 12.6. The second-order valence-corrected chi connectivity index (χ2v) is 3.26. The molecule has 0 saturated carbocycles. The molecule has 0 aliphatic heterocycles. The molecule has 1 aromatic carbocycles. The first-order valence-electron chi connectivity index (χ1n) is 4.59. The van der Waals surface area contributed by atoms with E-state index in [1.807, 2.05) is 19.1 Å². The van der Waals surface area contributed by atoms with Crippen LogP contribution in [0.25, 0.3) is 0 Å². The summed E-state index contributed by atoms with van der Waals surface area (Å²) in [4.78, 5) is 0. The Morgan fingerprint density at radius 1 is 1.46 bits per heavy atom. The average molecular weight is 179 g/mol. The van der Waals surface area contributed by atoms with Crippen LogP contribution in [0.3, 0.4) is 0 Å². The van der Waals surface area contributed by atoms with Crippen molar-refractivity contribution in [3.63, 3.8) is 0 Å². The topological polar surface area (TPSA) is 35.2 Å². The van der Waals surface area contributed by atoms with Gasteiger partial charge in [0, 0.05) is 11.6 Å². The maximum absolute atomic E-state index is 5.94. The van der Waals surface area contributed by atoms with E-state index in [1.54, 1.807) is 7.11 Å². The molecule has 2 N–H and O–H groups in total. The quantitative estimate of drug-likeness (QED) is 0.773. The van der Waals surface area contributed by atoms with Gasteiger partial charge in [0.1, 0.15) is 5.75 Å². The molecule has 1 aromatic rings. The fourth-order valence-corrected chi connectivity index (χ4v) is 1.34. The minimum atomic E-state index is 0.0792. The summed E-state index contributed by atoms with van der Waals surface area (Å²) in [5.74, 6) is 0.898. The Labute approximate surface area is 79.7 Å². The van der Waals surface area contributed by atoms with E-state index >= 15 is 0 Å². The molecule has 2 nitrogen and oxygen atoms in total. The van der Waals surface area contributed by atoms with Gasteiger partial charge >= 0.3 is 0 Å². The fourth-order valence-electron chi connectivity index (χ4n) is 1.34. The van der Waals surface area contributed by atoms with Gasteiger partial charge in [-0.3, -0.25) is 0 Å². The van der Waals surface area contributed by atoms with E-state index < -0.39 is 0 Å². The van der Waals surface area contributed by atoms with Crippen LogP contribution < -0.4 is 10.5 Å². The number of rotatable bonds is 3. The molecule has 72 valence electrons. The first-order chi connectivity index (χ1) is 6.19. The second-order valence-electron chi connectivity index (χ2n) is 3.26. The van der Waals surface area contributed by atoms with E-state index in [4.69, 9.17) is 10.5 Å². The zero-order valence-electron chi connectivity index (χ0n) is 8.50. The van der Waals surface area contributed by atoms with E-state index in [9.17, 15) is 0 Å². The van der Waals surface area contributed by atoms with Crippen molar-refractivity contribution in [2.45, 2.75) is 26.3 Å². The monoisotopic (exact) mass is 179 g/mol. The van der Waals surface area contributed by atoms with Crippen molar-refractivity contribution in [3.05, 3.63) is 29.3 Å². The highest BCUT2D eigenvalue weighted by atomic mass is 16.5. The Morgan fingerprint density at radius 2 is 2.15 bits per heavy atom. The lowest BCUT2D eigenvalue weighted by Gasteiger charge is -2.14. The van der Waals surface area contributed by atoms with Crippen molar-refractivity contribution in [1.82, 2.24) is 0 Å². The van der Waals surface area contributed by atoms with Crippen molar-refractivity contribution in [2.24, 2.45) is 5.73 Å². The summed E-state index contributed by atoms with van der Waals surface area (Å²) in [5.41, 5.74) is 8.23. The van der Waals surface area contributed by atoms with E-state index in [2.05, 4.69) is 13.0 Å². The molecule has 0 aliphatic rings. The van der Waals surface area contributed by atoms with Gasteiger partial charge in [-0.25, -0.2) is 0 Å². The third-order valence-corrected chi connectivity index (χ3v) is 2.23. The van der Waals surface area contributed by atoms with Crippen molar-refractivity contribution in [2.75, 3.05) is 7.11 Å². The Bertz CT molecular complexity index is 283. The standard InChI is InChI=1S/C11H17NO/c1-4-10(12)9-6-5-8(2)7-11(9)13-3/h5-7,10H,4,12H2,1-3H3/t10-/m0/s1. The minimum Gasteiger partial charge on any atom is -0.496 e. The Morgan fingerprint density at radius 3 is 2.69 bits per heavy atom. The van der Waals surface area contributed by atoms with Crippen LogP contribution in [0.4, 0.5) is 0 Å². The van der Waals surface area contributed by atoms with E-state index in [1.165, 1.54) is 5.56 Å². The Balaban J connectivity index is 3.05. The highest BCUT2D eigenvalue weighted by Gasteiger charge is 2.09. The molecular formula is C11H17NO. The van der Waals surface area contributed by atoms with Crippen LogP contribution in [0.5, 0.6) is 5.75 Å². The lowest BCUT2D eigenvalue weighted by molar-refractivity contribution is 0.404. The molecule has 0 saturated heterocycles. The van der Waals surface area contributed by atoms with Gasteiger partial charge < -0.3 is 10.5 Å². The summed E-state index contributed by atoms with van der Waals surface area (Å²) in [6.07, 6.45) is 0.930. The maximum atomic E-state index is 5.94. The summed E-state index contributed by atoms with van der Waals surface area (Å²) >= 11 is 0. The van der Waals surface area contributed by atoms with E-state index in [0.29, 0.717) is 0 Å². The van der Waals surface area contributed by atoms with Gasteiger partial charge in [0.25, 0.3) is 0 Å². The molecule has 0 heterocycles. The second kappa shape index (κ2) is 4.28. The van der Waals surface area contributed by atoms with Gasteiger partial charge in [-0.2, -0.15) is 0 Å². The summed E-state index contributed by atoms with van der Waals surface area (Å²) in [5, 5.41) is 0. The third-order valence-electron chi connectivity index (χ3n) is 2.23. The largest absolute Gasteiger partial charge is 0.496 e. The van der Waals surface area contributed by atoms with Gasteiger partial charge in [-0.05, 0) is 25.0 Å². The van der Waals surface area contributed by atoms with Crippen LogP contribution in [0.2, 0.25) is 0 Å². The third kappa shape index (κ3) is 2.22. The minimum absolute atomic E-state index is 0.0792. The molecule has 2 heteroatoms. The first kappa shape index (κ1) is 10.1. The molecule has 0 amide bonds. The average Bonchev–Trinajstić information content (AvgIpc) is 2.16. The lowest BCUT2D eigenvalue weighted by Crippen LogP contribution is -2.10. The van der Waals surface area contributed by atoms with Gasteiger partial charge in [0.05, 0.1) is 7.11 Å². The molecule has 0 radical (unpaired) electrons. The summed E-state index contributed by atoms with van der Waals surface area (Å²) in [7, 11) is 1.68. The van der Waals surface area contributed by atoms with E-state index in [0.717, 1.165) is 17.7 Å². The highest BCUT2D eigenvalue weighted by molar-refractivity contribution is 5.38. The van der Waals surface area contributed by atoms with Crippen molar-refractivity contribution in [1.29, 1.82) is 0 Å². The van der Waals surface area contributed by atoms with Crippen molar-refractivity contribution >= 4 is 0 Å². The molecule has 1 atom stereocenters. The smallest absolute Gasteiger partial charge is 0.123 e. The van der Waals surface area contributed by atoms with Crippen molar-refractivity contribution in [3.8, 4) is 5.75 Å². The van der Waals surface area contributed by atoms with Crippen LogP contribution in [0, 0.1) is 6.92 Å². The Hall–Kier alpha value is -1.02. The molecular weight excluding hydrogens is 162 g/mol. The molecule has 0 fully saturated rings. The number of methoxy groups -OCH3 is 1. The van der Waals surface area contributed by atoms with Crippen molar-refractivity contribution < 1.29 is 4.74 Å². The zero-order chi connectivity index (χ0) is 9.84. The SMILES string of the molecule is CC[C@H](N)c1ccc(C)cc1OC. The predicted octanol–water partition coefficient (Wildman–Crippen LogP) is 2.41. The van der Waals surface area contributed by atoms with Gasteiger partial charge in [-0.15, -0.1) is 0 Å². The lowest BCUT2D eigenvalue weighted by atomic mass is 10.0. The molecule has 0 spiro atoms. The van der Waals surface area contributed by atoms with Crippen LogP contribution in [-0.4, -0.2) is 7.11 Å². The zero-order valence-corrected chi connectivity index (χ0v) is 8.50. The number of nitrogens with two attached hydrogens (primary N) is 1. The maximum Gasteiger partial charge on any atom is 0.123 e. The number of hydrogen-bond donors (Lipinski definition) is 1. The van der Waals surface area contributed by atoms with Gasteiger partial charge in [0.2, 0.25) is 0 Å². The fraction of sp³-hybridized carbons (Fsp3) is 0.455. The van der Waals surface area contributed by atoms with E-state index in [-0.39, 0.29) is 6.04 Å².